The first kappa shape index (κ1) is 21.9. The molecule has 4 rings (SSSR count). The van der Waals surface area contributed by atoms with E-state index in [1.54, 1.807) is 12.1 Å². The average Bonchev–Trinajstić information content (AvgIpc) is 2.83. The number of nitrogens with zero attached hydrogens (tertiary/aromatic N) is 1. The van der Waals surface area contributed by atoms with E-state index in [0.29, 0.717) is 12.2 Å². The first-order valence-corrected chi connectivity index (χ1v) is 11.1. The summed E-state index contributed by atoms with van der Waals surface area (Å²) in [5, 5.41) is 9.11. The van der Waals surface area contributed by atoms with Gasteiger partial charge in [-0.2, -0.15) is 0 Å². The van der Waals surface area contributed by atoms with E-state index in [4.69, 9.17) is 14.6 Å². The first-order chi connectivity index (χ1) is 15.6. The quantitative estimate of drug-likeness (QED) is 0.471. The van der Waals surface area contributed by atoms with Crippen LogP contribution in [-0.2, 0) is 13.1 Å². The molecule has 5 heteroatoms. The zero-order chi connectivity index (χ0) is 22.3. The van der Waals surface area contributed by atoms with Crippen LogP contribution in [0.15, 0.2) is 72.8 Å². The van der Waals surface area contributed by atoms with E-state index in [2.05, 4.69) is 36.1 Å². The third-order valence-electron chi connectivity index (χ3n) is 5.70. The predicted octanol–water partition coefficient (Wildman–Crippen LogP) is 5.70. The molecule has 1 unspecified atom stereocenters. The number of benzene rings is 3. The van der Waals surface area contributed by atoms with Crippen molar-refractivity contribution in [3.63, 3.8) is 0 Å². The zero-order valence-electron chi connectivity index (χ0n) is 18.4. The van der Waals surface area contributed by atoms with Crippen LogP contribution < -0.4 is 9.47 Å². The van der Waals surface area contributed by atoms with Gasteiger partial charge in [-0.15, -0.1) is 0 Å². The van der Waals surface area contributed by atoms with E-state index in [0.717, 1.165) is 55.1 Å². The van der Waals surface area contributed by atoms with E-state index in [9.17, 15) is 4.79 Å². The molecule has 0 saturated heterocycles. The molecule has 32 heavy (non-hydrogen) atoms. The van der Waals surface area contributed by atoms with E-state index < -0.39 is 5.97 Å². The minimum absolute atomic E-state index is 0.108. The number of unbranched alkanes of at least 4 members (excludes halogenated alkanes) is 1. The van der Waals surface area contributed by atoms with Crippen molar-refractivity contribution in [2.45, 2.75) is 39.0 Å². The minimum Gasteiger partial charge on any atom is -0.485 e. The molecular weight excluding hydrogens is 402 g/mol. The third-order valence-corrected chi connectivity index (χ3v) is 5.70. The Morgan fingerprint density at radius 3 is 2.19 bits per heavy atom. The maximum Gasteiger partial charge on any atom is 0.335 e. The molecule has 3 aromatic carbocycles. The summed E-state index contributed by atoms with van der Waals surface area (Å²) in [6.07, 6.45) is 2.15. The van der Waals surface area contributed by atoms with Crippen LogP contribution in [0.4, 0.5) is 0 Å². The summed E-state index contributed by atoms with van der Waals surface area (Å²) < 4.78 is 12.0. The van der Waals surface area contributed by atoms with Gasteiger partial charge in [-0.25, -0.2) is 4.79 Å². The molecular formula is C27H29NO4. The number of carbonyl (C=O) groups is 1. The van der Waals surface area contributed by atoms with E-state index in [1.807, 2.05) is 36.4 Å². The number of aromatic carboxylic acids is 1. The summed E-state index contributed by atoms with van der Waals surface area (Å²) >= 11 is 0. The lowest BCUT2D eigenvalue weighted by atomic mass is 10.1. The second-order valence-electron chi connectivity index (χ2n) is 8.17. The van der Waals surface area contributed by atoms with Gasteiger partial charge in [-0.1, -0.05) is 61.9 Å². The molecule has 1 atom stereocenters. The highest BCUT2D eigenvalue weighted by Crippen LogP contribution is 2.35. The fraction of sp³-hybridized carbons (Fsp3) is 0.296. The number of fused-ring (bicyclic) bond motifs is 1. The van der Waals surface area contributed by atoms with Gasteiger partial charge >= 0.3 is 5.97 Å². The largest absolute Gasteiger partial charge is 0.485 e. The number of hydrogen-bond acceptors (Lipinski definition) is 4. The number of ether oxygens (including phenoxy) is 2. The van der Waals surface area contributed by atoms with Gasteiger partial charge in [0, 0.05) is 13.1 Å². The monoisotopic (exact) mass is 431 g/mol. The van der Waals surface area contributed by atoms with Gasteiger partial charge in [0.25, 0.3) is 0 Å². The zero-order valence-corrected chi connectivity index (χ0v) is 18.4. The van der Waals surface area contributed by atoms with Crippen molar-refractivity contribution in [2.24, 2.45) is 0 Å². The van der Waals surface area contributed by atoms with Crippen LogP contribution in [0.5, 0.6) is 11.5 Å². The molecule has 0 bridgehead atoms. The molecule has 0 fully saturated rings. The van der Waals surface area contributed by atoms with Crippen LogP contribution in [0.2, 0.25) is 0 Å². The molecule has 1 N–H and O–H groups in total. The SMILES string of the molecule is CCCCN(Cc1ccc(C(=O)O)cc1)Cc1ccc(C2COc3ccccc3O2)cc1. The Balaban J connectivity index is 1.40. The lowest BCUT2D eigenvalue weighted by Crippen LogP contribution is -2.24. The van der Waals surface area contributed by atoms with Crippen molar-refractivity contribution in [2.75, 3.05) is 13.2 Å². The molecule has 0 amide bonds. The molecule has 5 nitrogen and oxygen atoms in total. The van der Waals surface area contributed by atoms with Gasteiger partial charge in [0.1, 0.15) is 6.61 Å². The van der Waals surface area contributed by atoms with Gasteiger partial charge in [0.2, 0.25) is 0 Å². The minimum atomic E-state index is -0.893. The van der Waals surface area contributed by atoms with Crippen molar-refractivity contribution in [1.29, 1.82) is 0 Å². The van der Waals surface area contributed by atoms with E-state index >= 15 is 0 Å². The van der Waals surface area contributed by atoms with Crippen molar-refractivity contribution in [3.8, 4) is 11.5 Å². The van der Waals surface area contributed by atoms with Crippen molar-refractivity contribution >= 4 is 5.97 Å². The number of carboxylic acids is 1. The summed E-state index contributed by atoms with van der Waals surface area (Å²) in [4.78, 5) is 13.5. The Bertz CT molecular complexity index is 1030. The van der Waals surface area contributed by atoms with Crippen LogP contribution in [0, 0.1) is 0 Å². The van der Waals surface area contributed by atoms with Crippen LogP contribution >= 0.6 is 0 Å². The number of para-hydroxylation sites is 2. The Labute approximate surface area is 189 Å². The van der Waals surface area contributed by atoms with Crippen LogP contribution in [0.1, 0.15) is 52.9 Å². The van der Waals surface area contributed by atoms with Gasteiger partial charge in [0.05, 0.1) is 5.56 Å². The Hall–Kier alpha value is -3.31. The van der Waals surface area contributed by atoms with Gasteiger partial charge in [-0.05, 0) is 53.9 Å². The molecule has 1 heterocycles. The second kappa shape index (κ2) is 10.3. The van der Waals surface area contributed by atoms with Crippen molar-refractivity contribution < 1.29 is 19.4 Å². The fourth-order valence-electron chi connectivity index (χ4n) is 3.89. The smallest absolute Gasteiger partial charge is 0.335 e. The summed E-state index contributed by atoms with van der Waals surface area (Å²) in [7, 11) is 0. The molecule has 3 aromatic rings. The molecule has 1 aliphatic rings. The van der Waals surface area contributed by atoms with Crippen LogP contribution in [0.3, 0.4) is 0 Å². The number of hydrogen-bond donors (Lipinski definition) is 1. The van der Waals surface area contributed by atoms with Gasteiger partial charge in [0.15, 0.2) is 17.6 Å². The molecule has 1 aliphatic heterocycles. The molecule has 0 aromatic heterocycles. The third kappa shape index (κ3) is 5.48. The number of rotatable bonds is 9. The summed E-state index contributed by atoms with van der Waals surface area (Å²) in [6.45, 7) is 5.32. The molecule has 0 spiro atoms. The summed E-state index contributed by atoms with van der Waals surface area (Å²) in [5.41, 5.74) is 3.78. The normalized spacial score (nSPS) is 15.0. The summed E-state index contributed by atoms with van der Waals surface area (Å²) in [6, 6.07) is 23.5. The van der Waals surface area contributed by atoms with Crippen molar-refractivity contribution in [1.82, 2.24) is 4.90 Å². The molecule has 0 radical (unpaired) electrons. The fourth-order valence-corrected chi connectivity index (χ4v) is 3.89. The second-order valence-corrected chi connectivity index (χ2v) is 8.17. The van der Waals surface area contributed by atoms with Gasteiger partial charge < -0.3 is 14.6 Å². The maximum absolute atomic E-state index is 11.1. The topological polar surface area (TPSA) is 59.0 Å². The highest BCUT2D eigenvalue weighted by atomic mass is 16.6. The lowest BCUT2D eigenvalue weighted by molar-refractivity contribution is 0.0697. The molecule has 0 aliphatic carbocycles. The predicted molar refractivity (Wildman–Crippen MR) is 124 cm³/mol. The van der Waals surface area contributed by atoms with E-state index in [-0.39, 0.29) is 6.10 Å². The Kier molecular flexibility index (Phi) is 7.07. The van der Waals surface area contributed by atoms with E-state index in [1.165, 1.54) is 5.56 Å². The summed E-state index contributed by atoms with van der Waals surface area (Å²) in [5.74, 6) is 0.686. The highest BCUT2D eigenvalue weighted by molar-refractivity contribution is 5.87. The Morgan fingerprint density at radius 1 is 0.938 bits per heavy atom. The highest BCUT2D eigenvalue weighted by Gasteiger charge is 2.22. The first-order valence-electron chi connectivity index (χ1n) is 11.1. The van der Waals surface area contributed by atoms with Gasteiger partial charge in [-0.3, -0.25) is 4.90 Å². The lowest BCUT2D eigenvalue weighted by Gasteiger charge is -2.27. The van der Waals surface area contributed by atoms with Crippen LogP contribution in [0.25, 0.3) is 0 Å². The standard InChI is InChI=1S/C27H29NO4/c1-2-3-16-28(18-21-10-14-23(15-11-21)27(29)30)17-20-8-12-22(13-9-20)26-19-31-24-6-4-5-7-25(24)32-26/h4-15,26H,2-3,16-19H2,1H3,(H,29,30). The molecule has 166 valence electrons. The van der Waals surface area contributed by atoms with Crippen LogP contribution in [-0.4, -0.2) is 29.1 Å². The average molecular weight is 432 g/mol. The van der Waals surface area contributed by atoms with Crippen molar-refractivity contribution in [3.05, 3.63) is 95.1 Å². The molecule has 0 saturated carbocycles. The number of carboxylic acid groups (broad SMARTS) is 1. The Morgan fingerprint density at radius 2 is 1.56 bits per heavy atom. The maximum atomic E-state index is 11.1.